The summed E-state index contributed by atoms with van der Waals surface area (Å²) in [6, 6.07) is 5.48. The van der Waals surface area contributed by atoms with Crippen LogP contribution >= 0.6 is 11.3 Å². The average Bonchev–Trinajstić information content (AvgIpc) is 3.15. The summed E-state index contributed by atoms with van der Waals surface area (Å²) in [6.45, 7) is 7.71. The maximum Gasteiger partial charge on any atom is 0.348 e. The molecule has 2 aliphatic rings. The highest BCUT2D eigenvalue weighted by Crippen LogP contribution is 2.31. The number of carbonyl (C=O) groups is 2. The van der Waals surface area contributed by atoms with Crippen LogP contribution < -0.4 is 10.1 Å². The standard InChI is InChI=1S/C26H31N3O4S/c1-26(2,3)11-9-20-16-21(23(34-20)25(31)32)28-18-5-7-19(8-6-18)33-22-15-17(10-12-27-22)24(30)29-13-4-14-29/h10,12,15-16,18-19,28H,4-8,13-14H2,1-3H3,(H,31,32). The number of likely N-dealkylation sites (tertiary alicyclic amines) is 1. The molecular weight excluding hydrogens is 450 g/mol. The first-order valence-corrected chi connectivity index (χ1v) is 12.6. The number of thiophene rings is 1. The minimum absolute atomic E-state index is 0.0227. The van der Waals surface area contributed by atoms with E-state index in [-0.39, 0.29) is 23.5 Å². The van der Waals surface area contributed by atoms with Crippen molar-refractivity contribution in [3.05, 3.63) is 39.7 Å². The smallest absolute Gasteiger partial charge is 0.348 e. The van der Waals surface area contributed by atoms with Gasteiger partial charge in [-0.3, -0.25) is 4.79 Å². The minimum Gasteiger partial charge on any atom is -0.477 e. The van der Waals surface area contributed by atoms with Gasteiger partial charge in [0.15, 0.2) is 0 Å². The van der Waals surface area contributed by atoms with Gasteiger partial charge in [0, 0.05) is 42.4 Å². The van der Waals surface area contributed by atoms with Gasteiger partial charge in [0.1, 0.15) is 11.0 Å². The number of aromatic nitrogens is 1. The summed E-state index contributed by atoms with van der Waals surface area (Å²) in [6.07, 6.45) is 6.07. The Balaban J connectivity index is 1.34. The molecule has 0 bridgehead atoms. The van der Waals surface area contributed by atoms with E-state index in [0.29, 0.717) is 22.0 Å². The van der Waals surface area contributed by atoms with Crippen LogP contribution in [-0.2, 0) is 0 Å². The van der Waals surface area contributed by atoms with Crippen molar-refractivity contribution in [1.82, 2.24) is 9.88 Å². The number of pyridine rings is 1. The summed E-state index contributed by atoms with van der Waals surface area (Å²) in [4.78, 5) is 31.3. The summed E-state index contributed by atoms with van der Waals surface area (Å²) < 4.78 is 6.09. The van der Waals surface area contributed by atoms with Gasteiger partial charge in [-0.1, -0.05) is 11.8 Å². The molecule has 2 aromatic heterocycles. The molecule has 1 aliphatic carbocycles. The van der Waals surface area contributed by atoms with Crippen LogP contribution in [0.25, 0.3) is 0 Å². The molecular formula is C26H31N3O4S. The average molecular weight is 482 g/mol. The molecule has 4 rings (SSSR count). The fourth-order valence-electron chi connectivity index (χ4n) is 3.99. The summed E-state index contributed by atoms with van der Waals surface area (Å²) >= 11 is 1.21. The minimum atomic E-state index is -0.938. The maximum atomic E-state index is 12.4. The number of hydrogen-bond donors (Lipinski definition) is 2. The monoisotopic (exact) mass is 481 g/mol. The molecule has 0 aromatic carbocycles. The molecule has 0 unspecified atom stereocenters. The van der Waals surface area contributed by atoms with E-state index in [9.17, 15) is 14.7 Å². The predicted molar refractivity (Wildman–Crippen MR) is 133 cm³/mol. The topological polar surface area (TPSA) is 91.8 Å². The lowest BCUT2D eigenvalue weighted by Gasteiger charge is -2.31. The van der Waals surface area contributed by atoms with Gasteiger partial charge in [-0.2, -0.15) is 0 Å². The second kappa shape index (κ2) is 10.1. The molecule has 2 N–H and O–H groups in total. The Morgan fingerprint density at radius 3 is 2.56 bits per heavy atom. The molecule has 8 heteroatoms. The first kappa shape index (κ1) is 24.1. The molecule has 3 heterocycles. The van der Waals surface area contributed by atoms with Gasteiger partial charge in [0.2, 0.25) is 5.88 Å². The summed E-state index contributed by atoms with van der Waals surface area (Å²) in [5.74, 6) is 5.85. The zero-order valence-corrected chi connectivity index (χ0v) is 20.7. The molecule has 0 atom stereocenters. The van der Waals surface area contributed by atoms with E-state index >= 15 is 0 Å². The molecule has 180 valence electrons. The summed E-state index contributed by atoms with van der Waals surface area (Å²) in [5.41, 5.74) is 1.11. The molecule has 1 saturated heterocycles. The number of carboxylic acids is 1. The number of aromatic carboxylic acids is 1. The fraction of sp³-hybridized carbons (Fsp3) is 0.500. The van der Waals surface area contributed by atoms with E-state index in [4.69, 9.17) is 4.74 Å². The van der Waals surface area contributed by atoms with Crippen LogP contribution in [0.15, 0.2) is 24.4 Å². The van der Waals surface area contributed by atoms with E-state index in [1.165, 1.54) is 11.3 Å². The molecule has 2 fully saturated rings. The van der Waals surface area contributed by atoms with Crippen molar-refractivity contribution in [2.75, 3.05) is 18.4 Å². The van der Waals surface area contributed by atoms with Gasteiger partial charge < -0.3 is 20.1 Å². The quantitative estimate of drug-likeness (QED) is 0.571. The van der Waals surface area contributed by atoms with E-state index in [0.717, 1.165) is 50.1 Å². The van der Waals surface area contributed by atoms with Crippen molar-refractivity contribution in [1.29, 1.82) is 0 Å². The Morgan fingerprint density at radius 1 is 1.21 bits per heavy atom. The van der Waals surface area contributed by atoms with E-state index < -0.39 is 5.97 Å². The molecule has 0 radical (unpaired) electrons. The van der Waals surface area contributed by atoms with E-state index in [1.807, 2.05) is 31.7 Å². The van der Waals surface area contributed by atoms with Crippen molar-refractivity contribution < 1.29 is 19.4 Å². The van der Waals surface area contributed by atoms with Gasteiger partial charge in [-0.15, -0.1) is 11.3 Å². The lowest BCUT2D eigenvalue weighted by Crippen LogP contribution is -2.42. The summed E-state index contributed by atoms with van der Waals surface area (Å²) in [7, 11) is 0. The lowest BCUT2D eigenvalue weighted by atomic mass is 9.92. The highest BCUT2D eigenvalue weighted by molar-refractivity contribution is 7.15. The van der Waals surface area contributed by atoms with Crippen LogP contribution in [0.2, 0.25) is 0 Å². The number of nitrogens with one attached hydrogen (secondary N) is 1. The molecule has 0 spiro atoms. The number of carboxylic acid groups (broad SMARTS) is 1. The van der Waals surface area contributed by atoms with Crippen molar-refractivity contribution in [3.63, 3.8) is 0 Å². The molecule has 7 nitrogen and oxygen atoms in total. The predicted octanol–water partition coefficient (Wildman–Crippen LogP) is 4.89. The van der Waals surface area contributed by atoms with Crippen LogP contribution in [0, 0.1) is 17.3 Å². The summed E-state index contributed by atoms with van der Waals surface area (Å²) in [5, 5.41) is 13.0. The molecule has 1 amide bonds. The highest BCUT2D eigenvalue weighted by atomic mass is 32.1. The second-order valence-electron chi connectivity index (χ2n) is 9.92. The number of rotatable bonds is 6. The third-order valence-corrected chi connectivity index (χ3v) is 6.97. The molecule has 1 saturated carbocycles. The Labute approximate surface area is 204 Å². The largest absolute Gasteiger partial charge is 0.477 e. The van der Waals surface area contributed by atoms with Crippen LogP contribution in [0.3, 0.4) is 0 Å². The SMILES string of the molecule is CC(C)(C)C#Cc1cc(NC2CCC(Oc3cc(C(=O)N4CCC4)ccn3)CC2)c(C(=O)O)s1. The molecule has 1 aliphatic heterocycles. The van der Waals surface area contributed by atoms with Gasteiger partial charge >= 0.3 is 5.97 Å². The van der Waals surface area contributed by atoms with E-state index in [2.05, 4.69) is 22.1 Å². The van der Waals surface area contributed by atoms with Gasteiger partial charge in [0.05, 0.1) is 10.6 Å². The molecule has 2 aromatic rings. The number of ether oxygens (including phenoxy) is 1. The number of anilines is 1. The zero-order valence-electron chi connectivity index (χ0n) is 19.9. The van der Waals surface area contributed by atoms with Crippen LogP contribution in [-0.4, -0.2) is 52.1 Å². The number of nitrogens with zero attached hydrogens (tertiary/aromatic N) is 2. The third-order valence-electron chi connectivity index (χ3n) is 5.93. The number of amides is 1. The maximum absolute atomic E-state index is 12.4. The Bertz CT molecular complexity index is 1110. The lowest BCUT2D eigenvalue weighted by molar-refractivity contribution is 0.0649. The normalized spacial score (nSPS) is 20.0. The van der Waals surface area contributed by atoms with Crippen LogP contribution in [0.5, 0.6) is 5.88 Å². The third kappa shape index (κ3) is 6.09. The van der Waals surface area contributed by atoms with Gasteiger partial charge in [0.25, 0.3) is 5.91 Å². The first-order valence-electron chi connectivity index (χ1n) is 11.8. The Kier molecular flexibility index (Phi) is 7.13. The Morgan fingerprint density at radius 2 is 1.94 bits per heavy atom. The van der Waals surface area contributed by atoms with Crippen molar-refractivity contribution in [3.8, 4) is 17.7 Å². The first-order chi connectivity index (χ1) is 16.2. The highest BCUT2D eigenvalue weighted by Gasteiger charge is 2.26. The Hall–Kier alpha value is -3.05. The van der Waals surface area contributed by atoms with Crippen molar-refractivity contribution in [2.45, 2.75) is 65.0 Å². The second-order valence-corrected chi connectivity index (χ2v) is 11.0. The van der Waals surface area contributed by atoms with Crippen molar-refractivity contribution >= 4 is 28.9 Å². The molecule has 34 heavy (non-hydrogen) atoms. The number of hydrogen-bond acceptors (Lipinski definition) is 6. The van der Waals surface area contributed by atoms with Crippen molar-refractivity contribution in [2.24, 2.45) is 5.41 Å². The van der Waals surface area contributed by atoms with E-state index in [1.54, 1.807) is 18.3 Å². The zero-order chi connectivity index (χ0) is 24.3. The van der Waals surface area contributed by atoms with Gasteiger partial charge in [-0.25, -0.2) is 9.78 Å². The van der Waals surface area contributed by atoms with Crippen LogP contribution in [0.1, 0.15) is 77.8 Å². The fourth-order valence-corrected chi connectivity index (χ4v) is 4.81. The number of carbonyl (C=O) groups excluding carboxylic acids is 1. The van der Waals surface area contributed by atoms with Crippen LogP contribution in [0.4, 0.5) is 5.69 Å². The van der Waals surface area contributed by atoms with Gasteiger partial charge in [-0.05, 0) is 65.0 Å².